The van der Waals surface area contributed by atoms with Crippen molar-refractivity contribution >= 4 is 0 Å². The van der Waals surface area contributed by atoms with Crippen LogP contribution in [0.5, 0.6) is 0 Å². The van der Waals surface area contributed by atoms with Gasteiger partial charge in [0, 0.05) is 17.2 Å². The molecular formula is C16H26N2O. The third-order valence-electron chi connectivity index (χ3n) is 4.55. The van der Waals surface area contributed by atoms with Gasteiger partial charge in [0.2, 0.25) is 0 Å². The van der Waals surface area contributed by atoms with Gasteiger partial charge < -0.3 is 4.98 Å². The Morgan fingerprint density at radius 2 is 1.89 bits per heavy atom. The molecule has 0 radical (unpaired) electrons. The monoisotopic (exact) mass is 262 g/mol. The number of H-pyrrole nitrogens is 1. The summed E-state index contributed by atoms with van der Waals surface area (Å²) >= 11 is 0. The van der Waals surface area contributed by atoms with Crippen molar-refractivity contribution in [2.45, 2.75) is 71.6 Å². The van der Waals surface area contributed by atoms with Gasteiger partial charge in [-0.05, 0) is 44.4 Å². The first-order valence-corrected chi connectivity index (χ1v) is 7.63. The molecule has 1 aliphatic rings. The van der Waals surface area contributed by atoms with E-state index < -0.39 is 0 Å². The minimum Gasteiger partial charge on any atom is -0.310 e. The molecule has 1 saturated carbocycles. The highest BCUT2D eigenvalue weighted by molar-refractivity contribution is 5.21. The summed E-state index contributed by atoms with van der Waals surface area (Å²) in [4.78, 5) is 19.9. The first-order chi connectivity index (χ1) is 9.02. The average molecular weight is 262 g/mol. The first kappa shape index (κ1) is 14.3. The summed E-state index contributed by atoms with van der Waals surface area (Å²) in [5, 5.41) is 0. The summed E-state index contributed by atoms with van der Waals surface area (Å²) in [6.45, 7) is 8.33. The Labute approximate surface area is 115 Å². The quantitative estimate of drug-likeness (QED) is 0.898. The van der Waals surface area contributed by atoms with Gasteiger partial charge in [-0.1, -0.05) is 27.2 Å². The van der Waals surface area contributed by atoms with E-state index >= 15 is 0 Å². The van der Waals surface area contributed by atoms with E-state index in [1.165, 1.54) is 32.1 Å². The van der Waals surface area contributed by atoms with Crippen LogP contribution in [-0.4, -0.2) is 9.97 Å². The van der Waals surface area contributed by atoms with Crippen molar-refractivity contribution in [2.75, 3.05) is 0 Å². The van der Waals surface area contributed by atoms with Gasteiger partial charge in [0.1, 0.15) is 5.82 Å². The number of rotatable bonds is 3. The fourth-order valence-corrected chi connectivity index (χ4v) is 3.33. The molecule has 1 aliphatic carbocycles. The normalized spacial score (nSPS) is 23.8. The topological polar surface area (TPSA) is 45.8 Å². The van der Waals surface area contributed by atoms with E-state index in [4.69, 9.17) is 0 Å². The maximum atomic E-state index is 12.2. The van der Waals surface area contributed by atoms with Crippen molar-refractivity contribution in [3.63, 3.8) is 0 Å². The lowest BCUT2D eigenvalue weighted by Gasteiger charge is -2.27. The van der Waals surface area contributed by atoms with Gasteiger partial charge in [-0.2, -0.15) is 0 Å². The Balaban J connectivity index is 2.21. The zero-order chi connectivity index (χ0) is 14.0. The summed E-state index contributed by atoms with van der Waals surface area (Å²) in [7, 11) is 0. The van der Waals surface area contributed by atoms with Gasteiger partial charge in [0.25, 0.3) is 5.56 Å². The van der Waals surface area contributed by atoms with Gasteiger partial charge >= 0.3 is 0 Å². The molecule has 0 unspecified atom stereocenters. The number of hydrogen-bond donors (Lipinski definition) is 1. The molecule has 3 heteroatoms. The predicted octanol–water partition coefficient (Wildman–Crippen LogP) is 3.89. The number of nitrogens with one attached hydrogen (secondary N) is 1. The minimum absolute atomic E-state index is 0.0649. The molecule has 1 heterocycles. The van der Waals surface area contributed by atoms with E-state index in [9.17, 15) is 4.79 Å². The molecular weight excluding hydrogens is 236 g/mol. The van der Waals surface area contributed by atoms with Gasteiger partial charge in [-0.15, -0.1) is 0 Å². The van der Waals surface area contributed by atoms with Gasteiger partial charge in [-0.3, -0.25) is 4.79 Å². The fourth-order valence-electron chi connectivity index (χ4n) is 3.33. The van der Waals surface area contributed by atoms with Crippen LogP contribution in [0.15, 0.2) is 4.79 Å². The second-order valence-corrected chi connectivity index (χ2v) is 6.23. The molecule has 106 valence electrons. The highest BCUT2D eigenvalue weighted by atomic mass is 16.1. The average Bonchev–Trinajstić information content (AvgIpc) is 2.37. The molecule has 0 spiro atoms. The molecule has 1 N–H and O–H groups in total. The Hall–Kier alpha value is -1.12. The molecule has 2 rings (SSSR count). The van der Waals surface area contributed by atoms with Crippen molar-refractivity contribution in [3.05, 3.63) is 27.4 Å². The SMILES string of the molecule is CCC1CCC(c2nc(C)c(C(C)C)c(=O)[nH]2)CC1. The van der Waals surface area contributed by atoms with Crippen molar-refractivity contribution in [1.29, 1.82) is 0 Å². The van der Waals surface area contributed by atoms with Crippen LogP contribution >= 0.6 is 0 Å². The van der Waals surface area contributed by atoms with Crippen LogP contribution in [-0.2, 0) is 0 Å². The van der Waals surface area contributed by atoms with Crippen molar-refractivity contribution in [1.82, 2.24) is 9.97 Å². The van der Waals surface area contributed by atoms with Crippen LogP contribution in [0.1, 0.15) is 81.8 Å². The number of nitrogens with zero attached hydrogens (tertiary/aromatic N) is 1. The molecule has 0 aromatic carbocycles. The van der Waals surface area contributed by atoms with Gasteiger partial charge in [0.15, 0.2) is 0 Å². The number of aromatic amines is 1. The molecule has 1 aromatic rings. The van der Waals surface area contributed by atoms with E-state index in [2.05, 4.69) is 16.9 Å². The third kappa shape index (κ3) is 3.07. The summed E-state index contributed by atoms with van der Waals surface area (Å²) in [5.74, 6) is 2.48. The molecule has 19 heavy (non-hydrogen) atoms. The summed E-state index contributed by atoms with van der Waals surface area (Å²) in [6, 6.07) is 0. The highest BCUT2D eigenvalue weighted by Gasteiger charge is 2.24. The summed E-state index contributed by atoms with van der Waals surface area (Å²) < 4.78 is 0. The molecule has 3 nitrogen and oxygen atoms in total. The van der Waals surface area contributed by atoms with Crippen molar-refractivity contribution in [2.24, 2.45) is 5.92 Å². The standard InChI is InChI=1S/C16H26N2O/c1-5-12-6-8-13(9-7-12)15-17-11(4)14(10(2)3)16(19)18-15/h10,12-13H,5-9H2,1-4H3,(H,17,18,19). The smallest absolute Gasteiger partial charge is 0.254 e. The van der Waals surface area contributed by atoms with E-state index in [1.54, 1.807) is 0 Å². The molecule has 1 fully saturated rings. The Morgan fingerprint density at radius 3 is 2.37 bits per heavy atom. The van der Waals surface area contributed by atoms with Crippen LogP contribution in [0.25, 0.3) is 0 Å². The van der Waals surface area contributed by atoms with Crippen LogP contribution in [0, 0.1) is 12.8 Å². The van der Waals surface area contributed by atoms with E-state index in [1.807, 2.05) is 20.8 Å². The van der Waals surface area contributed by atoms with Crippen molar-refractivity contribution < 1.29 is 0 Å². The number of aryl methyl sites for hydroxylation is 1. The molecule has 0 atom stereocenters. The second kappa shape index (κ2) is 5.89. The number of hydrogen-bond acceptors (Lipinski definition) is 2. The number of aromatic nitrogens is 2. The molecule has 0 saturated heterocycles. The van der Waals surface area contributed by atoms with Gasteiger partial charge in [-0.25, -0.2) is 4.98 Å². The minimum atomic E-state index is 0.0649. The van der Waals surface area contributed by atoms with Crippen molar-refractivity contribution in [3.8, 4) is 0 Å². The Bertz CT molecular complexity index is 482. The third-order valence-corrected chi connectivity index (χ3v) is 4.55. The zero-order valence-electron chi connectivity index (χ0n) is 12.6. The molecule has 0 amide bonds. The molecule has 0 aliphatic heterocycles. The Morgan fingerprint density at radius 1 is 1.26 bits per heavy atom. The summed E-state index contributed by atoms with van der Waals surface area (Å²) in [6.07, 6.45) is 6.16. The second-order valence-electron chi connectivity index (χ2n) is 6.23. The lowest BCUT2D eigenvalue weighted by molar-refractivity contribution is 0.311. The van der Waals surface area contributed by atoms with Gasteiger partial charge in [0.05, 0.1) is 0 Å². The van der Waals surface area contributed by atoms with E-state index in [0.717, 1.165) is 23.0 Å². The predicted molar refractivity (Wildman–Crippen MR) is 78.7 cm³/mol. The Kier molecular flexibility index (Phi) is 4.43. The van der Waals surface area contributed by atoms with Crippen LogP contribution in [0.4, 0.5) is 0 Å². The van der Waals surface area contributed by atoms with E-state index in [-0.39, 0.29) is 11.5 Å². The maximum absolute atomic E-state index is 12.2. The largest absolute Gasteiger partial charge is 0.310 e. The van der Waals surface area contributed by atoms with Crippen LogP contribution < -0.4 is 5.56 Å². The van der Waals surface area contributed by atoms with Crippen LogP contribution in [0.2, 0.25) is 0 Å². The fraction of sp³-hybridized carbons (Fsp3) is 0.750. The summed E-state index contributed by atoms with van der Waals surface area (Å²) in [5.41, 5.74) is 1.81. The zero-order valence-corrected chi connectivity index (χ0v) is 12.6. The lowest BCUT2D eigenvalue weighted by atomic mass is 9.80. The van der Waals surface area contributed by atoms with E-state index in [0.29, 0.717) is 5.92 Å². The first-order valence-electron chi connectivity index (χ1n) is 7.63. The lowest BCUT2D eigenvalue weighted by Crippen LogP contribution is -2.23. The maximum Gasteiger partial charge on any atom is 0.254 e. The molecule has 1 aromatic heterocycles. The highest BCUT2D eigenvalue weighted by Crippen LogP contribution is 2.35. The molecule has 0 bridgehead atoms. The van der Waals surface area contributed by atoms with Crippen LogP contribution in [0.3, 0.4) is 0 Å².